The zero-order valence-electron chi connectivity index (χ0n) is 36.2. The molecule has 9 rings (SSSR count). The van der Waals surface area contributed by atoms with Crippen molar-refractivity contribution in [3.63, 3.8) is 0 Å². The summed E-state index contributed by atoms with van der Waals surface area (Å²) >= 11 is 0. The summed E-state index contributed by atoms with van der Waals surface area (Å²) in [6.45, 7) is 20.0. The third-order valence-electron chi connectivity index (χ3n) is 12.0. The molecule has 0 saturated carbocycles. The molecule has 0 bridgehead atoms. The van der Waals surface area contributed by atoms with Gasteiger partial charge in [-0.1, -0.05) is 159 Å². The Kier molecular flexibility index (Phi) is 9.31. The zero-order chi connectivity index (χ0) is 42.1. The second-order valence-corrected chi connectivity index (χ2v) is 19.4. The Morgan fingerprint density at radius 2 is 1.17 bits per heavy atom. The molecular weight excluding hydrogens is 731 g/mol. The van der Waals surface area contributed by atoms with Crippen molar-refractivity contribution in [2.24, 2.45) is 0 Å². The maximum Gasteiger partial charge on any atom is 0.149 e. The second kappa shape index (κ2) is 14.3. The van der Waals surface area contributed by atoms with Gasteiger partial charge in [0.2, 0.25) is 0 Å². The SMILES string of the molecule is CC(C)(C)c1cc(-c2cc(-c3ccccc3)ccn2)cc(-c2cccc3c2nc(-c2cc(C(C)(C)C)cc(C(C)(C)C)c2O)n3-c2ccc3c(ccc4ccccc43)c2)c1. The van der Waals surface area contributed by atoms with Gasteiger partial charge in [0.05, 0.1) is 22.3 Å². The van der Waals surface area contributed by atoms with E-state index >= 15 is 0 Å². The molecule has 0 amide bonds. The van der Waals surface area contributed by atoms with Crippen molar-refractivity contribution in [3.05, 3.63) is 168 Å². The Labute approximate surface area is 354 Å². The summed E-state index contributed by atoms with van der Waals surface area (Å²) in [4.78, 5) is 10.5. The van der Waals surface area contributed by atoms with Gasteiger partial charge in [0, 0.05) is 28.6 Å². The number of benzene rings is 7. The van der Waals surface area contributed by atoms with Crippen molar-refractivity contribution >= 4 is 32.6 Å². The van der Waals surface area contributed by atoms with Crippen LogP contribution < -0.4 is 0 Å². The Morgan fingerprint density at radius 3 is 1.92 bits per heavy atom. The molecular formula is C56H53N3O. The average Bonchev–Trinajstić information content (AvgIpc) is 3.62. The number of aromatic nitrogens is 3. The molecule has 0 spiro atoms. The Morgan fingerprint density at radius 1 is 0.483 bits per heavy atom. The number of imidazole rings is 1. The Bertz CT molecular complexity index is 3100. The zero-order valence-corrected chi connectivity index (χ0v) is 36.2. The van der Waals surface area contributed by atoms with Gasteiger partial charge >= 0.3 is 0 Å². The molecule has 4 heteroatoms. The van der Waals surface area contributed by atoms with Crippen LogP contribution in [0.1, 0.15) is 79.0 Å². The van der Waals surface area contributed by atoms with Crippen LogP contribution in [0, 0.1) is 0 Å². The summed E-state index contributed by atoms with van der Waals surface area (Å²) in [7, 11) is 0. The number of hydrogen-bond donors (Lipinski definition) is 1. The van der Waals surface area contributed by atoms with E-state index in [0.29, 0.717) is 5.82 Å². The van der Waals surface area contributed by atoms with Gasteiger partial charge in [-0.05, 0) is 114 Å². The highest BCUT2D eigenvalue weighted by molar-refractivity contribution is 6.08. The van der Waals surface area contributed by atoms with E-state index in [9.17, 15) is 5.11 Å². The lowest BCUT2D eigenvalue weighted by Crippen LogP contribution is -2.17. The molecule has 0 fully saturated rings. The third kappa shape index (κ3) is 7.04. The smallest absolute Gasteiger partial charge is 0.149 e. The van der Waals surface area contributed by atoms with E-state index in [1.165, 1.54) is 21.7 Å². The number of fused-ring (bicyclic) bond motifs is 4. The first kappa shape index (κ1) is 39.0. The number of hydrogen-bond acceptors (Lipinski definition) is 3. The van der Waals surface area contributed by atoms with Crippen LogP contribution in [0.15, 0.2) is 152 Å². The molecule has 298 valence electrons. The van der Waals surface area contributed by atoms with Crippen LogP contribution in [-0.4, -0.2) is 19.6 Å². The fourth-order valence-corrected chi connectivity index (χ4v) is 8.49. The van der Waals surface area contributed by atoms with Gasteiger partial charge in [-0.15, -0.1) is 0 Å². The van der Waals surface area contributed by atoms with Crippen LogP contribution in [0.5, 0.6) is 5.75 Å². The predicted molar refractivity (Wildman–Crippen MR) is 253 cm³/mol. The van der Waals surface area contributed by atoms with Gasteiger partial charge in [-0.25, -0.2) is 4.98 Å². The van der Waals surface area contributed by atoms with Crippen molar-refractivity contribution in [2.75, 3.05) is 0 Å². The molecule has 60 heavy (non-hydrogen) atoms. The number of rotatable bonds is 5. The second-order valence-electron chi connectivity index (χ2n) is 19.4. The highest BCUT2D eigenvalue weighted by Crippen LogP contribution is 2.45. The minimum Gasteiger partial charge on any atom is -0.507 e. The van der Waals surface area contributed by atoms with E-state index < -0.39 is 0 Å². The van der Waals surface area contributed by atoms with Gasteiger partial charge in [-0.2, -0.15) is 0 Å². The minimum absolute atomic E-state index is 0.127. The first-order valence-electron chi connectivity index (χ1n) is 21.0. The number of para-hydroxylation sites is 1. The standard InChI is InChI=1S/C56H53N3O/c1-54(2,3)41-29-39(28-40(30-41)49-32-37(26-27-57-49)35-16-11-10-12-17-35)46-20-15-21-50-51(46)58-53(47-33-42(55(4,5)6)34-48(52(47)60)56(7,8)9)59(50)43-24-25-45-38(31-43)23-22-36-18-13-14-19-44(36)45/h10-34,60H,1-9H3. The van der Waals surface area contributed by atoms with Crippen LogP contribution in [0.4, 0.5) is 0 Å². The molecule has 0 atom stereocenters. The summed E-state index contributed by atoms with van der Waals surface area (Å²) < 4.78 is 2.25. The average molecular weight is 784 g/mol. The summed E-state index contributed by atoms with van der Waals surface area (Å²) in [5.41, 5.74) is 12.6. The van der Waals surface area contributed by atoms with E-state index in [1.54, 1.807) is 0 Å². The largest absolute Gasteiger partial charge is 0.507 e. The van der Waals surface area contributed by atoms with E-state index in [0.717, 1.165) is 72.3 Å². The molecule has 0 saturated heterocycles. The van der Waals surface area contributed by atoms with E-state index in [4.69, 9.17) is 9.97 Å². The number of nitrogens with zero attached hydrogens (tertiary/aromatic N) is 3. The van der Waals surface area contributed by atoms with Gasteiger partial charge in [0.15, 0.2) is 0 Å². The van der Waals surface area contributed by atoms with Gasteiger partial charge in [0.1, 0.15) is 11.6 Å². The lowest BCUT2D eigenvalue weighted by Gasteiger charge is -2.27. The first-order chi connectivity index (χ1) is 28.5. The molecule has 0 aliphatic heterocycles. The highest BCUT2D eigenvalue weighted by Gasteiger charge is 2.29. The Hall–Kier alpha value is -6.52. The number of phenols is 1. The van der Waals surface area contributed by atoms with Crippen LogP contribution in [0.2, 0.25) is 0 Å². The summed E-state index contributed by atoms with van der Waals surface area (Å²) in [5.74, 6) is 0.970. The predicted octanol–water partition coefficient (Wildman–Crippen LogP) is 15.0. The monoisotopic (exact) mass is 783 g/mol. The fraction of sp³-hybridized carbons (Fsp3) is 0.214. The topological polar surface area (TPSA) is 50.9 Å². The lowest BCUT2D eigenvalue weighted by atomic mass is 9.79. The molecule has 1 N–H and O–H groups in total. The molecule has 0 radical (unpaired) electrons. The van der Waals surface area contributed by atoms with E-state index in [-0.39, 0.29) is 22.0 Å². The molecule has 9 aromatic rings. The number of pyridine rings is 1. The lowest BCUT2D eigenvalue weighted by molar-refractivity contribution is 0.446. The summed E-state index contributed by atoms with van der Waals surface area (Å²) in [5, 5.41) is 17.2. The van der Waals surface area contributed by atoms with Crippen LogP contribution in [0.25, 0.3) is 83.2 Å². The molecule has 0 aliphatic carbocycles. The fourth-order valence-electron chi connectivity index (χ4n) is 8.49. The van der Waals surface area contributed by atoms with Crippen molar-refractivity contribution in [2.45, 2.75) is 78.6 Å². The van der Waals surface area contributed by atoms with Crippen molar-refractivity contribution in [1.29, 1.82) is 0 Å². The van der Waals surface area contributed by atoms with Crippen molar-refractivity contribution < 1.29 is 5.11 Å². The van der Waals surface area contributed by atoms with Crippen LogP contribution in [-0.2, 0) is 16.2 Å². The van der Waals surface area contributed by atoms with Crippen LogP contribution in [0.3, 0.4) is 0 Å². The Balaban J connectivity index is 1.33. The summed E-state index contributed by atoms with van der Waals surface area (Å²) in [6.07, 6.45) is 1.91. The van der Waals surface area contributed by atoms with Gasteiger partial charge < -0.3 is 5.11 Å². The van der Waals surface area contributed by atoms with Crippen molar-refractivity contribution in [3.8, 4) is 56.3 Å². The quantitative estimate of drug-likeness (QED) is 0.177. The highest BCUT2D eigenvalue weighted by atomic mass is 16.3. The molecule has 2 aromatic heterocycles. The third-order valence-corrected chi connectivity index (χ3v) is 12.0. The minimum atomic E-state index is -0.304. The molecule has 7 aromatic carbocycles. The summed E-state index contributed by atoms with van der Waals surface area (Å²) in [6, 6.07) is 52.1. The molecule has 4 nitrogen and oxygen atoms in total. The van der Waals surface area contributed by atoms with E-state index in [1.807, 2.05) is 12.3 Å². The molecule has 0 unspecified atom stereocenters. The molecule has 0 aliphatic rings. The first-order valence-corrected chi connectivity index (χ1v) is 21.0. The van der Waals surface area contributed by atoms with E-state index in [2.05, 4.69) is 206 Å². The van der Waals surface area contributed by atoms with Gasteiger partial charge in [0.25, 0.3) is 0 Å². The maximum atomic E-state index is 12.4. The van der Waals surface area contributed by atoms with Gasteiger partial charge in [-0.3, -0.25) is 9.55 Å². The number of aromatic hydroxyl groups is 1. The van der Waals surface area contributed by atoms with Crippen molar-refractivity contribution in [1.82, 2.24) is 14.5 Å². The normalized spacial score (nSPS) is 12.5. The number of phenolic OH excluding ortho intramolecular Hbond substituents is 1. The maximum absolute atomic E-state index is 12.4. The van der Waals surface area contributed by atoms with Crippen LogP contribution >= 0.6 is 0 Å². The molecule has 2 heterocycles.